The number of fused-ring (bicyclic) bond motifs is 2. The molecule has 0 saturated heterocycles. The Morgan fingerprint density at radius 3 is 2.65 bits per heavy atom. The second-order valence-electron chi connectivity index (χ2n) is 6.24. The summed E-state index contributed by atoms with van der Waals surface area (Å²) in [6.07, 6.45) is 3.13. The van der Waals surface area contributed by atoms with Crippen molar-refractivity contribution in [2.75, 3.05) is 5.32 Å². The summed E-state index contributed by atoms with van der Waals surface area (Å²) < 4.78 is 4.75. The molecule has 9 heteroatoms. The van der Waals surface area contributed by atoms with Crippen molar-refractivity contribution in [1.82, 2.24) is 29.1 Å². The van der Waals surface area contributed by atoms with Crippen molar-refractivity contribution in [2.45, 2.75) is 6.92 Å². The van der Waals surface area contributed by atoms with Gasteiger partial charge in [-0.25, -0.2) is 4.98 Å². The largest absolute Gasteiger partial charge is 0.315 e. The van der Waals surface area contributed by atoms with Crippen molar-refractivity contribution in [3.8, 4) is 0 Å². The van der Waals surface area contributed by atoms with Crippen LogP contribution in [-0.4, -0.2) is 35.0 Å². The van der Waals surface area contributed by atoms with E-state index in [1.165, 1.54) is 10.8 Å². The lowest BCUT2D eigenvalue weighted by atomic mass is 10.2. The highest BCUT2D eigenvalue weighted by molar-refractivity contribution is 6.08. The van der Waals surface area contributed by atoms with Crippen LogP contribution >= 0.6 is 0 Å². The van der Waals surface area contributed by atoms with Gasteiger partial charge >= 0.3 is 0 Å². The number of pyridine rings is 2. The molecular formula is C17H17N7O2. The normalized spacial score (nSPS) is 11.4. The molecule has 4 aromatic heterocycles. The molecule has 1 N–H and O–H groups in total. The van der Waals surface area contributed by atoms with Crippen LogP contribution in [0.25, 0.3) is 21.9 Å². The molecule has 0 bridgehead atoms. The van der Waals surface area contributed by atoms with E-state index in [0.717, 1.165) is 11.1 Å². The van der Waals surface area contributed by atoms with Gasteiger partial charge in [0.1, 0.15) is 5.39 Å². The molecule has 9 nitrogen and oxygen atoms in total. The summed E-state index contributed by atoms with van der Waals surface area (Å²) >= 11 is 0. The molecule has 0 saturated carbocycles. The number of rotatable bonds is 2. The maximum absolute atomic E-state index is 12.6. The molecule has 0 unspecified atom stereocenters. The van der Waals surface area contributed by atoms with Crippen molar-refractivity contribution in [2.24, 2.45) is 21.1 Å². The van der Waals surface area contributed by atoms with Gasteiger partial charge in [-0.05, 0) is 19.1 Å². The zero-order valence-electron chi connectivity index (χ0n) is 14.8. The van der Waals surface area contributed by atoms with Crippen molar-refractivity contribution in [1.29, 1.82) is 0 Å². The second kappa shape index (κ2) is 5.51. The number of aromatic nitrogens is 6. The van der Waals surface area contributed by atoms with E-state index in [2.05, 4.69) is 20.5 Å². The first kappa shape index (κ1) is 16.0. The van der Waals surface area contributed by atoms with E-state index in [0.29, 0.717) is 22.1 Å². The van der Waals surface area contributed by atoms with Crippen molar-refractivity contribution in [3.63, 3.8) is 0 Å². The molecule has 0 aromatic carbocycles. The van der Waals surface area contributed by atoms with E-state index in [1.54, 1.807) is 42.8 Å². The first-order chi connectivity index (χ1) is 12.4. The van der Waals surface area contributed by atoms with Gasteiger partial charge in [0, 0.05) is 38.4 Å². The van der Waals surface area contributed by atoms with Gasteiger partial charge < -0.3 is 9.88 Å². The fourth-order valence-electron chi connectivity index (χ4n) is 2.97. The van der Waals surface area contributed by atoms with Gasteiger partial charge in [0.05, 0.1) is 17.3 Å². The SMILES string of the molecule is Cc1cc2c(c(NC(=O)c3cnc4c(cnn4C)c3)nn2C)c(=O)n1C. The Bertz CT molecular complexity index is 1250. The zero-order valence-corrected chi connectivity index (χ0v) is 14.8. The fourth-order valence-corrected chi connectivity index (χ4v) is 2.97. The minimum Gasteiger partial charge on any atom is -0.315 e. The quantitative estimate of drug-likeness (QED) is 0.583. The average molecular weight is 351 g/mol. The number of carbonyl (C=O) groups excluding carboxylic acids is 1. The van der Waals surface area contributed by atoms with E-state index < -0.39 is 0 Å². The van der Waals surface area contributed by atoms with Crippen molar-refractivity contribution in [3.05, 3.63) is 46.1 Å². The van der Waals surface area contributed by atoms with Crippen LogP contribution in [0.3, 0.4) is 0 Å². The summed E-state index contributed by atoms with van der Waals surface area (Å²) in [5.74, 6) is -0.148. The Hall–Kier alpha value is -3.49. The summed E-state index contributed by atoms with van der Waals surface area (Å²) in [5, 5.41) is 12.3. The number of carbonyl (C=O) groups is 1. The molecule has 0 aliphatic heterocycles. The smallest absolute Gasteiger partial charge is 0.263 e. The van der Waals surface area contributed by atoms with Crippen LogP contribution in [0.4, 0.5) is 5.82 Å². The van der Waals surface area contributed by atoms with Gasteiger partial charge in [0.25, 0.3) is 11.5 Å². The summed E-state index contributed by atoms with van der Waals surface area (Å²) in [4.78, 5) is 29.5. The number of hydrogen-bond acceptors (Lipinski definition) is 5. The standard InChI is InChI=1S/C17H17N7O2/c1-9-5-12-13(17(26)22(9)2)14(21-23(12)3)20-16(25)11-6-10-8-19-24(4)15(10)18-7-11/h5-8H,1-4H3,(H,20,21,25). The lowest BCUT2D eigenvalue weighted by Gasteiger charge is -2.05. The Labute approximate surface area is 147 Å². The fraction of sp³-hybridized carbons (Fsp3) is 0.235. The molecule has 4 rings (SSSR count). The van der Waals surface area contributed by atoms with Crippen LogP contribution < -0.4 is 10.9 Å². The summed E-state index contributed by atoms with van der Waals surface area (Å²) in [5.41, 5.74) is 2.34. The molecule has 0 aliphatic carbocycles. The third-order valence-corrected chi connectivity index (χ3v) is 4.55. The summed E-state index contributed by atoms with van der Waals surface area (Å²) in [7, 11) is 5.21. The van der Waals surface area contributed by atoms with E-state index >= 15 is 0 Å². The Morgan fingerprint density at radius 2 is 1.88 bits per heavy atom. The van der Waals surface area contributed by atoms with Gasteiger partial charge in [0.2, 0.25) is 0 Å². The molecule has 0 spiro atoms. The predicted molar refractivity (Wildman–Crippen MR) is 97.2 cm³/mol. The predicted octanol–water partition coefficient (Wildman–Crippen LogP) is 1.11. The van der Waals surface area contributed by atoms with Crippen LogP contribution in [0.1, 0.15) is 16.1 Å². The zero-order chi connectivity index (χ0) is 18.6. The molecule has 132 valence electrons. The highest BCUT2D eigenvalue weighted by Crippen LogP contribution is 2.21. The first-order valence-electron chi connectivity index (χ1n) is 7.99. The monoisotopic (exact) mass is 351 g/mol. The number of amides is 1. The first-order valence-corrected chi connectivity index (χ1v) is 7.99. The van der Waals surface area contributed by atoms with Gasteiger partial charge in [-0.15, -0.1) is 0 Å². The lowest BCUT2D eigenvalue weighted by Crippen LogP contribution is -2.20. The van der Waals surface area contributed by atoms with Crippen molar-refractivity contribution < 1.29 is 4.79 Å². The summed E-state index contributed by atoms with van der Waals surface area (Å²) in [6, 6.07) is 3.57. The van der Waals surface area contributed by atoms with E-state index in [4.69, 9.17) is 0 Å². The van der Waals surface area contributed by atoms with E-state index in [9.17, 15) is 9.59 Å². The van der Waals surface area contributed by atoms with Crippen LogP contribution in [-0.2, 0) is 21.1 Å². The maximum Gasteiger partial charge on any atom is 0.263 e. The highest BCUT2D eigenvalue weighted by atomic mass is 16.2. The van der Waals surface area contributed by atoms with Crippen LogP contribution in [0.2, 0.25) is 0 Å². The van der Waals surface area contributed by atoms with Gasteiger partial charge in [0.15, 0.2) is 11.5 Å². The molecule has 0 fully saturated rings. The molecule has 0 atom stereocenters. The number of aryl methyl sites for hydroxylation is 3. The Balaban J connectivity index is 1.77. The Kier molecular flexibility index (Phi) is 3.39. The minimum atomic E-state index is -0.383. The molecule has 0 radical (unpaired) electrons. The molecule has 26 heavy (non-hydrogen) atoms. The molecule has 4 aromatic rings. The third-order valence-electron chi connectivity index (χ3n) is 4.55. The number of nitrogens with zero attached hydrogens (tertiary/aromatic N) is 6. The summed E-state index contributed by atoms with van der Waals surface area (Å²) in [6.45, 7) is 1.85. The topological polar surface area (TPSA) is 99.6 Å². The van der Waals surface area contributed by atoms with Gasteiger partial charge in [-0.2, -0.15) is 10.2 Å². The van der Waals surface area contributed by atoms with Crippen molar-refractivity contribution >= 4 is 33.7 Å². The van der Waals surface area contributed by atoms with E-state index in [1.807, 2.05) is 13.0 Å². The second-order valence-corrected chi connectivity index (χ2v) is 6.24. The number of anilines is 1. The van der Waals surface area contributed by atoms with Crippen LogP contribution in [0.15, 0.2) is 29.3 Å². The van der Waals surface area contributed by atoms with E-state index in [-0.39, 0.29) is 17.3 Å². The van der Waals surface area contributed by atoms with Crippen LogP contribution in [0.5, 0.6) is 0 Å². The third kappa shape index (κ3) is 2.28. The molecule has 4 heterocycles. The minimum absolute atomic E-state index is 0.204. The van der Waals surface area contributed by atoms with Crippen LogP contribution in [0, 0.1) is 6.92 Å². The molecule has 1 amide bonds. The van der Waals surface area contributed by atoms with Gasteiger partial charge in [-0.3, -0.25) is 19.0 Å². The lowest BCUT2D eigenvalue weighted by molar-refractivity contribution is 0.102. The molecular weight excluding hydrogens is 334 g/mol. The number of hydrogen-bond donors (Lipinski definition) is 1. The highest BCUT2D eigenvalue weighted by Gasteiger charge is 2.18. The maximum atomic E-state index is 12.6. The number of nitrogens with one attached hydrogen (secondary N) is 1. The molecule has 0 aliphatic rings. The average Bonchev–Trinajstić information content (AvgIpc) is 3.13. The Morgan fingerprint density at radius 1 is 1.12 bits per heavy atom. The van der Waals surface area contributed by atoms with Gasteiger partial charge in [-0.1, -0.05) is 0 Å².